The Balaban J connectivity index is 1.66. The molecular weight excluding hydrogens is 276 g/mol. The first-order valence-corrected chi connectivity index (χ1v) is 8.07. The largest absolute Gasteiger partial charge is 0.311 e. The van der Waals surface area contributed by atoms with Crippen molar-refractivity contribution >= 4 is 11.3 Å². The van der Waals surface area contributed by atoms with Gasteiger partial charge >= 0.3 is 0 Å². The lowest BCUT2D eigenvalue weighted by molar-refractivity contribution is 0.644. The van der Waals surface area contributed by atoms with Crippen molar-refractivity contribution in [2.24, 2.45) is 0 Å². The molecule has 0 bridgehead atoms. The molecule has 3 aromatic rings. The lowest BCUT2D eigenvalue weighted by Gasteiger charge is -2.09. The standard InChI is InChI=1S/C18H16N2S/c1-2-4-13(5-3-1)14-6-8-15(9-7-14)18-20-16-10-11-19-12-17(16)21-18/h1-9,19H,10-12H2. The van der Waals surface area contributed by atoms with E-state index >= 15 is 0 Å². The average Bonchev–Trinajstić information content (AvgIpc) is 3.00. The quantitative estimate of drug-likeness (QED) is 0.768. The highest BCUT2D eigenvalue weighted by atomic mass is 32.1. The molecule has 21 heavy (non-hydrogen) atoms. The van der Waals surface area contributed by atoms with E-state index in [1.165, 1.54) is 27.3 Å². The third kappa shape index (κ3) is 2.50. The van der Waals surface area contributed by atoms with Crippen molar-refractivity contribution in [2.75, 3.05) is 6.54 Å². The van der Waals surface area contributed by atoms with Crippen LogP contribution in [-0.2, 0) is 13.0 Å². The third-order valence-corrected chi connectivity index (χ3v) is 4.99. The Morgan fingerprint density at radius 1 is 0.857 bits per heavy atom. The second-order valence-electron chi connectivity index (χ2n) is 5.26. The fourth-order valence-electron chi connectivity index (χ4n) is 2.68. The van der Waals surface area contributed by atoms with Crippen LogP contribution in [0, 0.1) is 0 Å². The molecule has 1 aromatic heterocycles. The first-order valence-electron chi connectivity index (χ1n) is 7.25. The molecule has 0 amide bonds. The Morgan fingerprint density at radius 2 is 1.57 bits per heavy atom. The minimum atomic E-state index is 0.967. The van der Waals surface area contributed by atoms with Crippen molar-refractivity contribution in [1.82, 2.24) is 10.3 Å². The molecule has 0 fully saturated rings. The smallest absolute Gasteiger partial charge is 0.123 e. The van der Waals surface area contributed by atoms with Crippen molar-refractivity contribution < 1.29 is 0 Å². The van der Waals surface area contributed by atoms with Gasteiger partial charge in [0, 0.05) is 30.0 Å². The normalized spacial score (nSPS) is 13.9. The van der Waals surface area contributed by atoms with E-state index in [0.29, 0.717) is 0 Å². The van der Waals surface area contributed by atoms with E-state index in [-0.39, 0.29) is 0 Å². The molecule has 0 saturated heterocycles. The van der Waals surface area contributed by atoms with Gasteiger partial charge in [-0.1, -0.05) is 54.6 Å². The number of rotatable bonds is 2. The molecule has 0 saturated carbocycles. The van der Waals surface area contributed by atoms with Crippen molar-refractivity contribution in [3.05, 3.63) is 65.2 Å². The Morgan fingerprint density at radius 3 is 2.33 bits per heavy atom. The number of thiazole rings is 1. The lowest BCUT2D eigenvalue weighted by atomic mass is 10.0. The molecule has 104 valence electrons. The molecule has 0 spiro atoms. The second-order valence-corrected chi connectivity index (χ2v) is 6.34. The van der Waals surface area contributed by atoms with Crippen LogP contribution in [0.1, 0.15) is 10.6 Å². The van der Waals surface area contributed by atoms with E-state index in [9.17, 15) is 0 Å². The molecule has 2 nitrogen and oxygen atoms in total. The van der Waals surface area contributed by atoms with Gasteiger partial charge in [0.1, 0.15) is 5.01 Å². The summed E-state index contributed by atoms with van der Waals surface area (Å²) in [5.74, 6) is 0. The van der Waals surface area contributed by atoms with Crippen molar-refractivity contribution in [1.29, 1.82) is 0 Å². The van der Waals surface area contributed by atoms with Gasteiger partial charge in [0.2, 0.25) is 0 Å². The molecule has 1 N–H and O–H groups in total. The zero-order valence-corrected chi connectivity index (χ0v) is 12.5. The fraction of sp³-hybridized carbons (Fsp3) is 0.167. The maximum atomic E-state index is 4.80. The summed E-state index contributed by atoms with van der Waals surface area (Å²) >= 11 is 1.82. The lowest BCUT2D eigenvalue weighted by Crippen LogP contribution is -2.22. The predicted octanol–water partition coefficient (Wildman–Crippen LogP) is 4.12. The van der Waals surface area contributed by atoms with Crippen LogP contribution in [-0.4, -0.2) is 11.5 Å². The van der Waals surface area contributed by atoms with Crippen LogP contribution in [0.15, 0.2) is 54.6 Å². The van der Waals surface area contributed by atoms with Gasteiger partial charge in [-0.3, -0.25) is 0 Å². The van der Waals surface area contributed by atoms with Crippen LogP contribution in [0.4, 0.5) is 0 Å². The number of fused-ring (bicyclic) bond motifs is 1. The molecule has 2 aromatic carbocycles. The summed E-state index contributed by atoms with van der Waals surface area (Å²) in [6.07, 6.45) is 1.05. The number of aromatic nitrogens is 1. The minimum absolute atomic E-state index is 0.967. The Labute approximate surface area is 128 Å². The molecule has 0 radical (unpaired) electrons. The van der Waals surface area contributed by atoms with E-state index < -0.39 is 0 Å². The molecule has 3 heteroatoms. The molecule has 2 heterocycles. The van der Waals surface area contributed by atoms with E-state index in [1.807, 2.05) is 17.4 Å². The van der Waals surface area contributed by atoms with Crippen molar-refractivity contribution in [2.45, 2.75) is 13.0 Å². The van der Waals surface area contributed by atoms with Gasteiger partial charge in [0.25, 0.3) is 0 Å². The molecule has 1 aliphatic rings. The average molecular weight is 292 g/mol. The molecule has 1 aliphatic heterocycles. The van der Waals surface area contributed by atoms with E-state index in [4.69, 9.17) is 4.98 Å². The Kier molecular flexibility index (Phi) is 3.30. The maximum Gasteiger partial charge on any atom is 0.123 e. The highest BCUT2D eigenvalue weighted by molar-refractivity contribution is 7.15. The Bertz CT molecular complexity index is 721. The summed E-state index contributed by atoms with van der Waals surface area (Å²) < 4.78 is 0. The van der Waals surface area contributed by atoms with E-state index in [2.05, 4.69) is 53.8 Å². The van der Waals surface area contributed by atoms with Crippen LogP contribution >= 0.6 is 11.3 Å². The monoisotopic (exact) mass is 292 g/mol. The predicted molar refractivity (Wildman–Crippen MR) is 88.4 cm³/mol. The van der Waals surface area contributed by atoms with Gasteiger partial charge in [-0.05, 0) is 11.1 Å². The zero-order valence-electron chi connectivity index (χ0n) is 11.7. The van der Waals surface area contributed by atoms with Gasteiger partial charge in [-0.15, -0.1) is 11.3 Å². The van der Waals surface area contributed by atoms with Crippen LogP contribution in [0.2, 0.25) is 0 Å². The highest BCUT2D eigenvalue weighted by Crippen LogP contribution is 2.31. The number of hydrogen-bond acceptors (Lipinski definition) is 3. The summed E-state index contributed by atoms with van der Waals surface area (Å²) in [5, 5.41) is 4.55. The molecule has 0 aliphatic carbocycles. The molecule has 0 unspecified atom stereocenters. The number of nitrogens with zero attached hydrogens (tertiary/aromatic N) is 1. The summed E-state index contributed by atoms with van der Waals surface area (Å²) in [6, 6.07) is 19.2. The molecule has 0 atom stereocenters. The van der Waals surface area contributed by atoms with Crippen molar-refractivity contribution in [3.8, 4) is 21.7 Å². The van der Waals surface area contributed by atoms with E-state index in [1.54, 1.807) is 0 Å². The van der Waals surface area contributed by atoms with Gasteiger partial charge in [0.05, 0.1) is 5.69 Å². The summed E-state index contributed by atoms with van der Waals surface area (Å²) in [7, 11) is 0. The minimum Gasteiger partial charge on any atom is -0.311 e. The van der Waals surface area contributed by atoms with Crippen LogP contribution in [0.3, 0.4) is 0 Å². The molecule has 4 rings (SSSR count). The Hall–Kier alpha value is -1.97. The molecular formula is C18H16N2S. The number of nitrogens with one attached hydrogen (secondary N) is 1. The highest BCUT2D eigenvalue weighted by Gasteiger charge is 2.15. The topological polar surface area (TPSA) is 24.9 Å². The number of hydrogen-bond donors (Lipinski definition) is 1. The SMILES string of the molecule is c1ccc(-c2ccc(-c3nc4c(s3)CNCC4)cc2)cc1. The fourth-order valence-corrected chi connectivity index (χ4v) is 3.77. The first kappa shape index (κ1) is 12.7. The van der Waals surface area contributed by atoms with E-state index in [0.717, 1.165) is 24.5 Å². The number of benzene rings is 2. The van der Waals surface area contributed by atoms with Crippen LogP contribution in [0.5, 0.6) is 0 Å². The maximum absolute atomic E-state index is 4.80. The van der Waals surface area contributed by atoms with Gasteiger partial charge in [-0.25, -0.2) is 4.98 Å². The second kappa shape index (κ2) is 5.43. The first-order chi connectivity index (χ1) is 10.4. The summed E-state index contributed by atoms with van der Waals surface area (Å²) in [5.41, 5.74) is 5.00. The van der Waals surface area contributed by atoms with Crippen LogP contribution < -0.4 is 5.32 Å². The van der Waals surface area contributed by atoms with Gasteiger partial charge < -0.3 is 5.32 Å². The van der Waals surface area contributed by atoms with Crippen LogP contribution in [0.25, 0.3) is 21.7 Å². The third-order valence-electron chi connectivity index (χ3n) is 3.84. The van der Waals surface area contributed by atoms with Gasteiger partial charge in [-0.2, -0.15) is 0 Å². The zero-order chi connectivity index (χ0) is 14.1. The van der Waals surface area contributed by atoms with Crippen molar-refractivity contribution in [3.63, 3.8) is 0 Å². The van der Waals surface area contributed by atoms with Gasteiger partial charge in [0.15, 0.2) is 0 Å². The summed E-state index contributed by atoms with van der Waals surface area (Å²) in [4.78, 5) is 6.19. The summed E-state index contributed by atoms with van der Waals surface area (Å²) in [6.45, 7) is 2.01.